The van der Waals surface area contributed by atoms with Crippen molar-refractivity contribution in [2.75, 3.05) is 24.2 Å². The maximum absolute atomic E-state index is 13.4. The number of hydrogen-bond donors (Lipinski definition) is 1. The molecule has 162 valence electrons. The molecule has 3 aromatic rings. The largest absolute Gasteiger partial charge is 0.339 e. The number of anilines is 1. The van der Waals surface area contributed by atoms with Crippen LogP contribution in [0.25, 0.3) is 10.4 Å². The molecule has 1 aliphatic rings. The highest BCUT2D eigenvalue weighted by atomic mass is 32.2. The molecule has 4 rings (SSSR count). The lowest BCUT2D eigenvalue weighted by Gasteiger charge is -2.27. The van der Waals surface area contributed by atoms with Gasteiger partial charge in [-0.3, -0.25) is 9.59 Å². The van der Waals surface area contributed by atoms with Crippen LogP contribution in [0.5, 0.6) is 0 Å². The molecule has 0 unspecified atom stereocenters. The van der Waals surface area contributed by atoms with Gasteiger partial charge in [0.05, 0.1) is 11.3 Å². The number of hydrogen-bond acceptors (Lipinski definition) is 5. The Bertz CT molecular complexity index is 1070. The van der Waals surface area contributed by atoms with Crippen molar-refractivity contribution >= 4 is 39.9 Å². The number of piperidine rings is 1. The first-order chi connectivity index (χ1) is 15.0. The van der Waals surface area contributed by atoms with Gasteiger partial charge < -0.3 is 14.8 Å². The molecule has 0 aliphatic carbocycles. The molecule has 1 aromatic carbocycles. The predicted octanol–water partition coefficient (Wildman–Crippen LogP) is 4.81. The Morgan fingerprint density at radius 2 is 1.90 bits per heavy atom. The molecule has 8 heteroatoms. The number of amides is 2. The second-order valence-corrected chi connectivity index (χ2v) is 9.60. The maximum atomic E-state index is 13.4. The van der Waals surface area contributed by atoms with E-state index >= 15 is 0 Å². The number of benzene rings is 1. The van der Waals surface area contributed by atoms with Crippen LogP contribution in [-0.2, 0) is 11.8 Å². The van der Waals surface area contributed by atoms with Crippen LogP contribution in [-0.4, -0.2) is 45.1 Å². The third kappa shape index (κ3) is 4.85. The predicted molar refractivity (Wildman–Crippen MR) is 127 cm³/mol. The second-order valence-electron chi connectivity index (χ2n) is 7.64. The van der Waals surface area contributed by atoms with Crippen LogP contribution in [0, 0.1) is 6.92 Å². The van der Waals surface area contributed by atoms with Gasteiger partial charge in [0, 0.05) is 37.4 Å². The van der Waals surface area contributed by atoms with Gasteiger partial charge in [-0.1, -0.05) is 42.1 Å². The van der Waals surface area contributed by atoms with Gasteiger partial charge in [0.2, 0.25) is 5.91 Å². The van der Waals surface area contributed by atoms with Gasteiger partial charge in [-0.25, -0.2) is 4.98 Å². The topological polar surface area (TPSA) is 67.2 Å². The molecular formula is C23H26N4O2S2. The van der Waals surface area contributed by atoms with Crippen molar-refractivity contribution in [2.24, 2.45) is 7.05 Å². The summed E-state index contributed by atoms with van der Waals surface area (Å²) in [6.45, 7) is 3.53. The molecule has 1 fully saturated rings. The molecule has 31 heavy (non-hydrogen) atoms. The molecule has 6 nitrogen and oxygen atoms in total. The Hall–Kier alpha value is -2.58. The summed E-state index contributed by atoms with van der Waals surface area (Å²) in [6.07, 6.45) is 6.79. The van der Waals surface area contributed by atoms with E-state index in [-0.39, 0.29) is 17.6 Å². The highest BCUT2D eigenvalue weighted by molar-refractivity contribution is 7.99. The number of nitrogens with one attached hydrogen (secondary N) is 1. The fraction of sp³-hybridized carbons (Fsp3) is 0.348. The van der Waals surface area contributed by atoms with Crippen molar-refractivity contribution < 1.29 is 9.59 Å². The number of imidazole rings is 1. The molecule has 0 atom stereocenters. The molecule has 0 bridgehead atoms. The second kappa shape index (κ2) is 9.70. The Morgan fingerprint density at radius 1 is 1.16 bits per heavy atom. The van der Waals surface area contributed by atoms with E-state index < -0.39 is 0 Å². The van der Waals surface area contributed by atoms with Crippen LogP contribution in [0.2, 0.25) is 0 Å². The van der Waals surface area contributed by atoms with Gasteiger partial charge in [-0.05, 0) is 37.3 Å². The van der Waals surface area contributed by atoms with E-state index in [1.807, 2.05) is 60.0 Å². The van der Waals surface area contributed by atoms with Crippen LogP contribution in [0.15, 0.2) is 47.9 Å². The highest BCUT2D eigenvalue weighted by Crippen LogP contribution is 2.40. The monoisotopic (exact) mass is 454 g/mol. The lowest BCUT2D eigenvalue weighted by atomic mass is 10.0. The first kappa shape index (κ1) is 21.6. The molecule has 0 saturated carbocycles. The van der Waals surface area contributed by atoms with Gasteiger partial charge in [0.15, 0.2) is 5.16 Å². The van der Waals surface area contributed by atoms with Crippen molar-refractivity contribution in [1.82, 2.24) is 14.5 Å². The van der Waals surface area contributed by atoms with Crippen molar-refractivity contribution in [3.05, 3.63) is 53.9 Å². The van der Waals surface area contributed by atoms with Crippen LogP contribution in [0.1, 0.15) is 35.2 Å². The van der Waals surface area contributed by atoms with Crippen LogP contribution < -0.4 is 5.32 Å². The number of nitrogens with zero attached hydrogens (tertiary/aromatic N) is 3. The molecule has 3 heterocycles. The zero-order valence-corrected chi connectivity index (χ0v) is 19.4. The molecule has 0 spiro atoms. The fourth-order valence-electron chi connectivity index (χ4n) is 3.76. The average Bonchev–Trinajstić information content (AvgIpc) is 3.35. The first-order valence-corrected chi connectivity index (χ1v) is 12.2. The van der Waals surface area contributed by atoms with Crippen molar-refractivity contribution in [3.63, 3.8) is 0 Å². The van der Waals surface area contributed by atoms with E-state index in [2.05, 4.69) is 10.3 Å². The van der Waals surface area contributed by atoms with Gasteiger partial charge in [-0.15, -0.1) is 11.3 Å². The zero-order chi connectivity index (χ0) is 21.8. The molecule has 2 aromatic heterocycles. The standard InChI is InChI=1S/C23H26N4O2S2/c1-16-19(22(29)27-12-7-4-8-13-27)21(31-20(16)17-9-5-3-6-10-17)25-18(28)15-30-23-24-11-14-26(23)2/h3,5-6,9-11,14H,4,7-8,12-13,15H2,1-2H3,(H,25,28). The van der Waals surface area contributed by atoms with Gasteiger partial charge in [0.25, 0.3) is 5.91 Å². The summed E-state index contributed by atoms with van der Waals surface area (Å²) in [5.74, 6) is 0.115. The fourth-order valence-corrected chi connectivity index (χ4v) is 5.72. The van der Waals surface area contributed by atoms with E-state index in [4.69, 9.17) is 0 Å². The number of aryl methyl sites for hydroxylation is 1. The zero-order valence-electron chi connectivity index (χ0n) is 17.8. The minimum absolute atomic E-state index is 0.0164. The Morgan fingerprint density at radius 3 is 2.58 bits per heavy atom. The summed E-state index contributed by atoms with van der Waals surface area (Å²) in [6, 6.07) is 10.0. The molecular weight excluding hydrogens is 428 g/mol. The van der Waals surface area contributed by atoms with E-state index in [1.54, 1.807) is 6.20 Å². The first-order valence-electron chi connectivity index (χ1n) is 10.4. The number of aromatic nitrogens is 2. The SMILES string of the molecule is Cc1c(-c2ccccc2)sc(NC(=O)CSc2nccn2C)c1C(=O)N1CCCCC1. The average molecular weight is 455 g/mol. The summed E-state index contributed by atoms with van der Waals surface area (Å²) in [5.41, 5.74) is 2.61. The van der Waals surface area contributed by atoms with E-state index in [0.717, 1.165) is 53.5 Å². The third-order valence-electron chi connectivity index (χ3n) is 5.40. The number of thioether (sulfide) groups is 1. The van der Waals surface area contributed by atoms with Gasteiger partial charge in [0.1, 0.15) is 5.00 Å². The maximum Gasteiger partial charge on any atom is 0.257 e. The van der Waals surface area contributed by atoms with Crippen LogP contribution in [0.4, 0.5) is 5.00 Å². The number of rotatable bonds is 6. The normalized spacial score (nSPS) is 13.9. The molecule has 1 saturated heterocycles. The minimum Gasteiger partial charge on any atom is -0.339 e. The van der Waals surface area contributed by atoms with Crippen molar-refractivity contribution in [3.8, 4) is 10.4 Å². The van der Waals surface area contributed by atoms with E-state index in [0.29, 0.717) is 10.6 Å². The Labute approximate surface area is 190 Å². The highest BCUT2D eigenvalue weighted by Gasteiger charge is 2.27. The van der Waals surface area contributed by atoms with Crippen LogP contribution in [0.3, 0.4) is 0 Å². The summed E-state index contributed by atoms with van der Waals surface area (Å²) in [5, 5.41) is 4.44. The van der Waals surface area contributed by atoms with Crippen molar-refractivity contribution in [1.29, 1.82) is 0 Å². The quantitative estimate of drug-likeness (QED) is 0.543. The molecule has 1 N–H and O–H groups in total. The smallest absolute Gasteiger partial charge is 0.257 e. The lowest BCUT2D eigenvalue weighted by Crippen LogP contribution is -2.36. The molecule has 2 amide bonds. The minimum atomic E-state index is -0.137. The Balaban J connectivity index is 1.60. The van der Waals surface area contributed by atoms with Gasteiger partial charge >= 0.3 is 0 Å². The third-order valence-corrected chi connectivity index (χ3v) is 7.72. The van der Waals surface area contributed by atoms with Crippen LogP contribution >= 0.6 is 23.1 Å². The number of carbonyl (C=O) groups is 2. The number of likely N-dealkylation sites (tertiary alicyclic amines) is 1. The van der Waals surface area contributed by atoms with Gasteiger partial charge in [-0.2, -0.15) is 0 Å². The van der Waals surface area contributed by atoms with Crippen molar-refractivity contribution in [2.45, 2.75) is 31.3 Å². The number of thiophene rings is 1. The Kier molecular flexibility index (Phi) is 6.77. The lowest BCUT2D eigenvalue weighted by molar-refractivity contribution is -0.113. The molecule has 1 aliphatic heterocycles. The summed E-state index contributed by atoms with van der Waals surface area (Å²) >= 11 is 2.86. The molecule has 0 radical (unpaired) electrons. The number of carbonyl (C=O) groups excluding carboxylic acids is 2. The van der Waals surface area contributed by atoms with E-state index in [1.165, 1.54) is 23.1 Å². The van der Waals surface area contributed by atoms with E-state index in [9.17, 15) is 9.59 Å². The summed E-state index contributed by atoms with van der Waals surface area (Å²) < 4.78 is 1.88. The summed E-state index contributed by atoms with van der Waals surface area (Å²) in [4.78, 5) is 33.4. The summed E-state index contributed by atoms with van der Waals surface area (Å²) in [7, 11) is 1.90.